The smallest absolute Gasteiger partial charge is 0.340 e. The van der Waals surface area contributed by atoms with E-state index in [1.165, 1.54) is 6.07 Å². The van der Waals surface area contributed by atoms with Gasteiger partial charge < -0.3 is 19.5 Å². The van der Waals surface area contributed by atoms with E-state index in [2.05, 4.69) is 10.3 Å². The van der Waals surface area contributed by atoms with E-state index in [-0.39, 0.29) is 23.7 Å². The van der Waals surface area contributed by atoms with Crippen LogP contribution < -0.4 is 16.5 Å². The Morgan fingerprint density at radius 2 is 1.75 bits per heavy atom. The number of nitrogens with one attached hydrogen (secondary N) is 1. The number of carboxylic acid groups (broad SMARTS) is 1. The van der Waals surface area contributed by atoms with Crippen LogP contribution in [-0.2, 0) is 11.3 Å². The second kappa shape index (κ2) is 6.64. The molecule has 1 aromatic carbocycles. The van der Waals surface area contributed by atoms with Gasteiger partial charge in [-0.3, -0.25) is 19.8 Å². The summed E-state index contributed by atoms with van der Waals surface area (Å²) in [7, 11) is 2.00. The molecule has 146 valence electrons. The van der Waals surface area contributed by atoms with Crippen molar-refractivity contribution in [2.24, 2.45) is 0 Å². The van der Waals surface area contributed by atoms with Crippen LogP contribution in [0, 0.1) is 0 Å². The van der Waals surface area contributed by atoms with Crippen molar-refractivity contribution < 1.29 is 14.7 Å². The van der Waals surface area contributed by atoms with Crippen molar-refractivity contribution in [1.82, 2.24) is 19.0 Å². The first-order valence-electron chi connectivity index (χ1n) is 8.83. The number of hydrogen-bond acceptors (Lipinski definition) is 6. The molecule has 0 bridgehead atoms. The first-order valence-corrected chi connectivity index (χ1v) is 8.83. The molecule has 10 heteroatoms. The predicted molar refractivity (Wildman–Crippen MR) is 101 cm³/mol. The van der Waals surface area contributed by atoms with Crippen molar-refractivity contribution in [1.29, 1.82) is 0 Å². The molecule has 0 unspecified atom stereocenters. The fourth-order valence-corrected chi connectivity index (χ4v) is 3.40. The maximum Gasteiger partial charge on any atom is 0.340 e. The number of carbonyl (C=O) groups is 2. The number of aromatic nitrogens is 2. The van der Waals surface area contributed by atoms with E-state index in [9.17, 15) is 24.3 Å². The fourth-order valence-electron chi connectivity index (χ4n) is 3.40. The Balaban J connectivity index is 1.68. The highest BCUT2D eigenvalue weighted by Crippen LogP contribution is 2.27. The molecule has 2 aromatic heterocycles. The van der Waals surface area contributed by atoms with Crippen LogP contribution in [0.25, 0.3) is 10.9 Å². The van der Waals surface area contributed by atoms with Gasteiger partial charge in [-0.1, -0.05) is 6.07 Å². The monoisotopic (exact) mass is 385 g/mol. The van der Waals surface area contributed by atoms with Crippen LogP contribution in [0.1, 0.15) is 10.4 Å². The van der Waals surface area contributed by atoms with Gasteiger partial charge in [0.2, 0.25) is 5.91 Å². The number of carboxylic acids is 1. The number of nitrogens with zero attached hydrogens (tertiary/aromatic N) is 4. The summed E-state index contributed by atoms with van der Waals surface area (Å²) in [5.41, 5.74) is 1.47. The van der Waals surface area contributed by atoms with Gasteiger partial charge in [0.1, 0.15) is 12.1 Å². The van der Waals surface area contributed by atoms with Crippen molar-refractivity contribution in [2.75, 3.05) is 38.7 Å². The summed E-state index contributed by atoms with van der Waals surface area (Å²) in [4.78, 5) is 51.0. The van der Waals surface area contributed by atoms with Crippen molar-refractivity contribution in [2.45, 2.75) is 6.54 Å². The largest absolute Gasteiger partial charge is 0.478 e. The van der Waals surface area contributed by atoms with Crippen molar-refractivity contribution in [3.8, 4) is 0 Å². The molecule has 0 radical (unpaired) electrons. The number of aromatic carboxylic acids is 1. The maximum absolute atomic E-state index is 12.7. The van der Waals surface area contributed by atoms with Crippen LogP contribution in [-0.4, -0.2) is 69.3 Å². The molecular weight excluding hydrogens is 366 g/mol. The minimum Gasteiger partial charge on any atom is -0.478 e. The fraction of sp³-hybridized carbons (Fsp3) is 0.333. The van der Waals surface area contributed by atoms with Gasteiger partial charge in [-0.05, 0) is 19.2 Å². The Bertz CT molecular complexity index is 1120. The zero-order valence-corrected chi connectivity index (χ0v) is 15.2. The lowest BCUT2D eigenvalue weighted by Crippen LogP contribution is -2.48. The highest BCUT2D eigenvalue weighted by Gasteiger charge is 2.24. The molecule has 4 rings (SSSR count). The topological polar surface area (TPSA) is 117 Å². The van der Waals surface area contributed by atoms with E-state index in [0.29, 0.717) is 24.0 Å². The van der Waals surface area contributed by atoms with E-state index < -0.39 is 17.1 Å². The Morgan fingerprint density at radius 1 is 1.07 bits per heavy atom. The highest BCUT2D eigenvalue weighted by molar-refractivity contribution is 6.07. The van der Waals surface area contributed by atoms with Gasteiger partial charge in [0.25, 0.3) is 0 Å². The number of hydrogen-bond donors (Lipinski definition) is 2. The van der Waals surface area contributed by atoms with Crippen LogP contribution in [0.4, 0.5) is 5.69 Å². The van der Waals surface area contributed by atoms with Gasteiger partial charge in [0.05, 0.1) is 11.2 Å². The molecule has 1 amide bonds. The number of amides is 1. The second-order valence-corrected chi connectivity index (χ2v) is 6.92. The van der Waals surface area contributed by atoms with Gasteiger partial charge in [0, 0.05) is 37.8 Å². The lowest BCUT2D eigenvalue weighted by atomic mass is 10.1. The van der Waals surface area contributed by atoms with Crippen LogP contribution in [0.15, 0.2) is 34.0 Å². The normalized spacial score (nSPS) is 15.4. The van der Waals surface area contributed by atoms with Crippen molar-refractivity contribution >= 4 is 28.5 Å². The SMILES string of the molecule is CN1CCN(C(=O)Cn2ccc3ccc(Nn4c(=O)c4=O)c(C(=O)O)c32)CC1. The zero-order chi connectivity index (χ0) is 20.0. The molecule has 10 nitrogen and oxygen atoms in total. The summed E-state index contributed by atoms with van der Waals surface area (Å²) < 4.78 is 2.34. The number of piperazine rings is 1. The first-order chi connectivity index (χ1) is 13.4. The molecule has 1 fully saturated rings. The Kier molecular flexibility index (Phi) is 4.27. The summed E-state index contributed by atoms with van der Waals surface area (Å²) in [5.74, 6) is -1.31. The molecule has 28 heavy (non-hydrogen) atoms. The average molecular weight is 385 g/mol. The third-order valence-corrected chi connectivity index (χ3v) is 5.08. The summed E-state index contributed by atoms with van der Waals surface area (Å²) >= 11 is 0. The summed E-state index contributed by atoms with van der Waals surface area (Å²) in [6, 6.07) is 4.91. The Labute approximate surface area is 158 Å². The summed E-state index contributed by atoms with van der Waals surface area (Å²) in [6.07, 6.45) is 1.67. The predicted octanol–water partition coefficient (Wildman–Crippen LogP) is -0.614. The van der Waals surface area contributed by atoms with Crippen LogP contribution in [0.2, 0.25) is 0 Å². The third-order valence-electron chi connectivity index (χ3n) is 5.08. The number of rotatable bonds is 5. The molecule has 3 aromatic rings. The molecule has 2 N–H and O–H groups in total. The van der Waals surface area contributed by atoms with Crippen LogP contribution in [0.5, 0.6) is 0 Å². The quantitative estimate of drug-likeness (QED) is 0.563. The third kappa shape index (κ3) is 3.07. The number of benzene rings is 1. The van der Waals surface area contributed by atoms with Gasteiger partial charge in [0.15, 0.2) is 0 Å². The zero-order valence-electron chi connectivity index (χ0n) is 15.2. The number of anilines is 1. The molecule has 1 saturated heterocycles. The van der Waals surface area contributed by atoms with E-state index in [1.807, 2.05) is 7.05 Å². The average Bonchev–Trinajstić information content (AvgIpc) is 3.03. The minimum atomic E-state index is -1.22. The highest BCUT2D eigenvalue weighted by atomic mass is 16.4. The second-order valence-electron chi connectivity index (χ2n) is 6.92. The number of likely N-dealkylation sites (N-methyl/N-ethyl adjacent to an activating group) is 1. The lowest BCUT2D eigenvalue weighted by Gasteiger charge is -2.32. The van der Waals surface area contributed by atoms with E-state index in [4.69, 9.17) is 0 Å². The summed E-state index contributed by atoms with van der Waals surface area (Å²) in [6.45, 7) is 2.87. The van der Waals surface area contributed by atoms with Crippen molar-refractivity contribution in [3.05, 3.63) is 50.7 Å². The molecule has 3 heterocycles. The van der Waals surface area contributed by atoms with Gasteiger partial charge in [-0.15, -0.1) is 0 Å². The molecule has 1 aliphatic heterocycles. The van der Waals surface area contributed by atoms with Gasteiger partial charge >= 0.3 is 17.1 Å². The molecule has 0 atom stereocenters. The molecular formula is C18H19N5O5. The van der Waals surface area contributed by atoms with E-state index in [1.54, 1.807) is 27.8 Å². The minimum absolute atomic E-state index is 0.0124. The number of carbonyl (C=O) groups excluding carboxylic acids is 1. The molecule has 0 saturated carbocycles. The number of fused-ring (bicyclic) bond motifs is 1. The first kappa shape index (κ1) is 18.0. The summed E-state index contributed by atoms with van der Waals surface area (Å²) in [5, 5.41) is 10.4. The van der Waals surface area contributed by atoms with E-state index in [0.717, 1.165) is 17.8 Å². The van der Waals surface area contributed by atoms with Crippen LogP contribution in [0.3, 0.4) is 0 Å². The van der Waals surface area contributed by atoms with E-state index >= 15 is 0 Å². The Morgan fingerprint density at radius 3 is 2.36 bits per heavy atom. The van der Waals surface area contributed by atoms with Crippen LogP contribution >= 0.6 is 0 Å². The molecule has 0 aliphatic carbocycles. The van der Waals surface area contributed by atoms with Gasteiger partial charge in [-0.25, -0.2) is 4.79 Å². The van der Waals surface area contributed by atoms with Gasteiger partial charge in [-0.2, -0.15) is 4.68 Å². The Hall–Kier alpha value is -3.40. The van der Waals surface area contributed by atoms with Crippen molar-refractivity contribution in [3.63, 3.8) is 0 Å². The molecule has 1 aliphatic rings. The lowest BCUT2D eigenvalue weighted by molar-refractivity contribution is -0.133. The standard InChI is InChI=1S/C18H19N5O5/c1-20-6-8-21(9-7-20)13(24)10-22-5-4-11-2-3-12(14(15(11)22)18(27)28)19-23-16(25)17(23)26/h2-5,19H,6-10H2,1H3,(H,27,28). The maximum atomic E-state index is 12.7. The molecule has 0 spiro atoms.